The zero-order valence-corrected chi connectivity index (χ0v) is 29.2. The fourth-order valence-corrected chi connectivity index (χ4v) is 7.33. The molecule has 0 aromatic heterocycles. The van der Waals surface area contributed by atoms with Crippen molar-refractivity contribution in [3.8, 4) is 33.4 Å². The second-order valence-corrected chi connectivity index (χ2v) is 14.9. The van der Waals surface area contributed by atoms with E-state index in [1.54, 1.807) is 0 Å². The van der Waals surface area contributed by atoms with Crippen molar-refractivity contribution in [3.05, 3.63) is 157 Å². The maximum absolute atomic E-state index is 6.35. The van der Waals surface area contributed by atoms with Crippen LogP contribution < -0.4 is 10.4 Å². The Labute approximate surface area is 291 Å². The Kier molecular flexibility index (Phi) is 7.44. The maximum atomic E-state index is 6.35. The maximum Gasteiger partial charge on any atom is 0.494 e. The monoisotopic (exact) mass is 639 g/mol. The molecule has 8 rings (SSSR count). The van der Waals surface area contributed by atoms with Crippen molar-refractivity contribution in [1.82, 2.24) is 0 Å². The third kappa shape index (κ3) is 5.40. The lowest BCUT2D eigenvalue weighted by Crippen LogP contribution is -2.41. The number of nitrogens with zero attached hydrogens (tertiary/aromatic N) is 1. The van der Waals surface area contributed by atoms with Crippen LogP contribution >= 0.6 is 0 Å². The van der Waals surface area contributed by atoms with E-state index < -0.39 is 7.12 Å². The highest BCUT2D eigenvalue weighted by molar-refractivity contribution is 6.62. The SMILES string of the molecule is CC1(C)c2ccccc2-c2ccc(-c3ccc(N(c4ccc(B5OC(C)(C)C(C)(C)O5)cc4)c4ccc(-c5ccccc5)cc4)cc3)cc21. The van der Waals surface area contributed by atoms with Crippen LogP contribution in [-0.4, -0.2) is 18.3 Å². The lowest BCUT2D eigenvalue weighted by atomic mass is 9.79. The van der Waals surface area contributed by atoms with E-state index in [0.29, 0.717) is 0 Å². The molecule has 0 atom stereocenters. The van der Waals surface area contributed by atoms with E-state index in [-0.39, 0.29) is 16.6 Å². The van der Waals surface area contributed by atoms with Crippen molar-refractivity contribution < 1.29 is 9.31 Å². The molecule has 0 amide bonds. The normalized spacial score (nSPS) is 16.7. The zero-order valence-electron chi connectivity index (χ0n) is 29.2. The Balaban J connectivity index is 1.14. The first kappa shape index (κ1) is 31.4. The molecule has 1 heterocycles. The number of rotatable bonds is 6. The molecule has 1 aliphatic carbocycles. The molecule has 242 valence electrons. The average molecular weight is 640 g/mol. The van der Waals surface area contributed by atoms with E-state index in [1.165, 1.54) is 44.5 Å². The van der Waals surface area contributed by atoms with Crippen LogP contribution in [0.25, 0.3) is 33.4 Å². The van der Waals surface area contributed by atoms with Gasteiger partial charge in [0, 0.05) is 22.5 Å². The minimum Gasteiger partial charge on any atom is -0.399 e. The molecule has 6 aromatic carbocycles. The Morgan fingerprint density at radius 2 is 0.878 bits per heavy atom. The van der Waals surface area contributed by atoms with Gasteiger partial charge in [-0.25, -0.2) is 0 Å². The minimum absolute atomic E-state index is 0.0309. The van der Waals surface area contributed by atoms with Crippen LogP contribution in [-0.2, 0) is 14.7 Å². The van der Waals surface area contributed by atoms with Crippen LogP contribution in [0.3, 0.4) is 0 Å². The lowest BCUT2D eigenvalue weighted by molar-refractivity contribution is 0.00578. The van der Waals surface area contributed by atoms with Gasteiger partial charge in [-0.2, -0.15) is 0 Å². The van der Waals surface area contributed by atoms with E-state index in [4.69, 9.17) is 9.31 Å². The number of hydrogen-bond acceptors (Lipinski definition) is 3. The summed E-state index contributed by atoms with van der Waals surface area (Å²) in [6, 6.07) is 52.7. The van der Waals surface area contributed by atoms with Crippen molar-refractivity contribution in [1.29, 1.82) is 0 Å². The van der Waals surface area contributed by atoms with Crippen molar-refractivity contribution in [3.63, 3.8) is 0 Å². The third-order valence-corrected chi connectivity index (χ3v) is 11.0. The first-order valence-corrected chi connectivity index (χ1v) is 17.3. The molecule has 49 heavy (non-hydrogen) atoms. The minimum atomic E-state index is -0.401. The molecular weight excluding hydrogens is 597 g/mol. The molecular formula is C45H42BNO2. The molecule has 0 N–H and O–H groups in total. The quantitative estimate of drug-likeness (QED) is 0.169. The van der Waals surface area contributed by atoms with Crippen molar-refractivity contribution in [2.75, 3.05) is 4.90 Å². The topological polar surface area (TPSA) is 21.7 Å². The van der Waals surface area contributed by atoms with E-state index in [0.717, 1.165) is 22.5 Å². The molecule has 3 nitrogen and oxygen atoms in total. The second kappa shape index (κ2) is 11.6. The van der Waals surface area contributed by atoms with Gasteiger partial charge >= 0.3 is 7.12 Å². The molecule has 0 spiro atoms. The molecule has 1 fully saturated rings. The van der Waals surface area contributed by atoms with E-state index in [1.807, 2.05) is 0 Å². The van der Waals surface area contributed by atoms with Crippen LogP contribution in [0.2, 0.25) is 0 Å². The van der Waals surface area contributed by atoms with E-state index in [2.05, 4.69) is 192 Å². The molecule has 6 aromatic rings. The molecule has 0 unspecified atom stereocenters. The summed E-state index contributed by atoms with van der Waals surface area (Å²) in [7, 11) is -0.401. The molecule has 1 saturated heterocycles. The number of fused-ring (bicyclic) bond motifs is 3. The first-order chi connectivity index (χ1) is 23.5. The van der Waals surface area contributed by atoms with Crippen LogP contribution in [0.1, 0.15) is 52.7 Å². The van der Waals surface area contributed by atoms with Gasteiger partial charge in [-0.3, -0.25) is 0 Å². The summed E-state index contributed by atoms with van der Waals surface area (Å²) in [5.41, 5.74) is 13.8. The van der Waals surface area contributed by atoms with Gasteiger partial charge in [0.2, 0.25) is 0 Å². The molecule has 0 bridgehead atoms. The lowest BCUT2D eigenvalue weighted by Gasteiger charge is -2.32. The summed E-state index contributed by atoms with van der Waals surface area (Å²) in [6.07, 6.45) is 0. The predicted octanol–water partition coefficient (Wildman–Crippen LogP) is 11.1. The fraction of sp³-hybridized carbons (Fsp3) is 0.200. The predicted molar refractivity (Wildman–Crippen MR) is 205 cm³/mol. The Morgan fingerprint density at radius 3 is 1.47 bits per heavy atom. The third-order valence-electron chi connectivity index (χ3n) is 11.0. The molecule has 1 aliphatic heterocycles. The second-order valence-electron chi connectivity index (χ2n) is 14.9. The first-order valence-electron chi connectivity index (χ1n) is 17.3. The van der Waals surface area contributed by atoms with Crippen LogP contribution in [0.4, 0.5) is 17.1 Å². The zero-order chi connectivity index (χ0) is 34.0. The average Bonchev–Trinajstić information content (AvgIpc) is 3.49. The highest BCUT2D eigenvalue weighted by Gasteiger charge is 2.51. The Hall–Kier alpha value is -4.90. The summed E-state index contributed by atoms with van der Waals surface area (Å²) in [6.45, 7) is 13.0. The van der Waals surface area contributed by atoms with Gasteiger partial charge in [0.25, 0.3) is 0 Å². The van der Waals surface area contributed by atoms with E-state index >= 15 is 0 Å². The summed E-state index contributed by atoms with van der Waals surface area (Å²) < 4.78 is 12.7. The van der Waals surface area contributed by atoms with Crippen molar-refractivity contribution in [2.45, 2.75) is 58.2 Å². The molecule has 4 heteroatoms. The molecule has 0 saturated carbocycles. The van der Waals surface area contributed by atoms with Crippen LogP contribution in [0.15, 0.2) is 146 Å². The summed E-state index contributed by atoms with van der Waals surface area (Å²) >= 11 is 0. The van der Waals surface area contributed by atoms with Gasteiger partial charge < -0.3 is 14.2 Å². The highest BCUT2D eigenvalue weighted by Crippen LogP contribution is 2.49. The van der Waals surface area contributed by atoms with E-state index in [9.17, 15) is 0 Å². The van der Waals surface area contributed by atoms with Gasteiger partial charge in [0.05, 0.1) is 11.2 Å². The van der Waals surface area contributed by atoms with Gasteiger partial charge in [-0.05, 0) is 120 Å². The summed E-state index contributed by atoms with van der Waals surface area (Å²) in [5, 5.41) is 0. The van der Waals surface area contributed by atoms with Gasteiger partial charge in [-0.1, -0.05) is 117 Å². The Bertz CT molecular complexity index is 2120. The molecule has 2 aliphatic rings. The van der Waals surface area contributed by atoms with Gasteiger partial charge in [0.15, 0.2) is 0 Å². The van der Waals surface area contributed by atoms with Crippen molar-refractivity contribution >= 4 is 29.6 Å². The summed E-state index contributed by atoms with van der Waals surface area (Å²) in [5.74, 6) is 0. The number of hydrogen-bond donors (Lipinski definition) is 0. The standard InChI is InChI=1S/C45H42BNO2/c1-43(2)41-15-11-10-14-39(41)40-29-20-34(30-42(40)43)33-18-25-37(26-19-33)47(36-23-16-32(17-24-36)31-12-8-7-9-13-31)38-27-21-35(22-28-38)46-48-44(3,4)45(5,6)49-46/h7-30H,1-6H3. The van der Waals surface area contributed by atoms with Gasteiger partial charge in [0.1, 0.15) is 0 Å². The van der Waals surface area contributed by atoms with Crippen LogP contribution in [0, 0.1) is 0 Å². The number of benzene rings is 6. The fourth-order valence-electron chi connectivity index (χ4n) is 7.33. The smallest absolute Gasteiger partial charge is 0.399 e. The van der Waals surface area contributed by atoms with Gasteiger partial charge in [-0.15, -0.1) is 0 Å². The summed E-state index contributed by atoms with van der Waals surface area (Å²) in [4.78, 5) is 2.31. The largest absolute Gasteiger partial charge is 0.494 e. The van der Waals surface area contributed by atoms with Crippen LogP contribution in [0.5, 0.6) is 0 Å². The highest BCUT2D eigenvalue weighted by atomic mass is 16.7. The van der Waals surface area contributed by atoms with Crippen molar-refractivity contribution in [2.24, 2.45) is 0 Å². The number of anilines is 3. The molecule has 0 radical (unpaired) electrons. The Morgan fingerprint density at radius 1 is 0.429 bits per heavy atom.